The van der Waals surface area contributed by atoms with Gasteiger partial charge in [-0.25, -0.2) is 4.79 Å². The maximum absolute atomic E-state index is 12.7. The molecule has 0 bridgehead atoms. The molecule has 0 radical (unpaired) electrons. The Morgan fingerprint density at radius 1 is 1.03 bits per heavy atom. The van der Waals surface area contributed by atoms with Gasteiger partial charge in [0.25, 0.3) is 5.91 Å². The minimum atomic E-state index is -0.494. The summed E-state index contributed by atoms with van der Waals surface area (Å²) in [4.78, 5) is 38.1. The Hall–Kier alpha value is -2.57. The van der Waals surface area contributed by atoms with Crippen molar-refractivity contribution in [2.45, 2.75) is 83.3 Å². The highest BCUT2D eigenvalue weighted by Gasteiger charge is 2.30. The predicted molar refractivity (Wildman–Crippen MR) is 126 cm³/mol. The Morgan fingerprint density at radius 3 is 2.30 bits per heavy atom. The minimum absolute atomic E-state index is 0.0404. The average molecular weight is 459 g/mol. The van der Waals surface area contributed by atoms with E-state index in [1.54, 1.807) is 4.90 Å². The van der Waals surface area contributed by atoms with Crippen LogP contribution in [0.2, 0.25) is 0 Å². The number of carbonyl (C=O) groups excluding carboxylic acids is 3. The number of esters is 1. The third-order valence-electron chi connectivity index (χ3n) is 6.65. The highest BCUT2D eigenvalue weighted by atomic mass is 16.6. The monoisotopic (exact) mass is 458 g/mol. The number of likely N-dealkylation sites (tertiary alicyclic amines) is 1. The summed E-state index contributed by atoms with van der Waals surface area (Å²) in [5.41, 5.74) is 1.31. The van der Waals surface area contributed by atoms with E-state index >= 15 is 0 Å². The molecule has 1 heterocycles. The third kappa shape index (κ3) is 7.47. The molecule has 7 nitrogen and oxygen atoms in total. The summed E-state index contributed by atoms with van der Waals surface area (Å²) >= 11 is 0. The van der Waals surface area contributed by atoms with Crippen LogP contribution in [0, 0.1) is 5.92 Å². The number of benzene rings is 1. The quantitative estimate of drug-likeness (QED) is 0.627. The van der Waals surface area contributed by atoms with Crippen molar-refractivity contribution in [3.05, 3.63) is 35.4 Å². The van der Waals surface area contributed by atoms with Gasteiger partial charge in [-0.1, -0.05) is 12.1 Å². The van der Waals surface area contributed by atoms with Crippen molar-refractivity contribution in [1.82, 2.24) is 10.2 Å². The molecule has 33 heavy (non-hydrogen) atoms. The Kier molecular flexibility index (Phi) is 8.38. The van der Waals surface area contributed by atoms with Crippen LogP contribution in [0.4, 0.5) is 4.79 Å². The number of hydrogen-bond donors (Lipinski definition) is 1. The van der Waals surface area contributed by atoms with Gasteiger partial charge in [0, 0.05) is 37.0 Å². The standard InChI is InChI=1S/C26H38N2O5/c1-26(2,3)33-25(31)28-16-15-21(17-28)19-8-10-20(11-9-19)24(30)27-22-12-5-18(6-13-22)7-14-23(29)32-4/h8-11,18,21-22H,5-7,12-17H2,1-4H3,(H,27,30). The number of nitrogens with zero attached hydrogens (tertiary/aromatic N) is 1. The molecule has 3 rings (SSSR count). The van der Waals surface area contributed by atoms with Crippen LogP contribution in [0.5, 0.6) is 0 Å². The fraction of sp³-hybridized carbons (Fsp3) is 0.654. The van der Waals surface area contributed by atoms with Crippen LogP contribution >= 0.6 is 0 Å². The summed E-state index contributed by atoms with van der Waals surface area (Å²) in [5.74, 6) is 0.600. The number of hydrogen-bond acceptors (Lipinski definition) is 5. The molecule has 0 spiro atoms. The molecule has 1 N–H and O–H groups in total. The van der Waals surface area contributed by atoms with Gasteiger partial charge in [0.2, 0.25) is 0 Å². The van der Waals surface area contributed by atoms with Crippen LogP contribution in [0.3, 0.4) is 0 Å². The van der Waals surface area contributed by atoms with Gasteiger partial charge in [-0.3, -0.25) is 9.59 Å². The smallest absolute Gasteiger partial charge is 0.410 e. The van der Waals surface area contributed by atoms with Crippen LogP contribution in [0.1, 0.15) is 87.6 Å². The van der Waals surface area contributed by atoms with Gasteiger partial charge in [0.05, 0.1) is 7.11 Å². The van der Waals surface area contributed by atoms with E-state index in [2.05, 4.69) is 5.32 Å². The van der Waals surface area contributed by atoms with Crippen LogP contribution < -0.4 is 5.32 Å². The number of carbonyl (C=O) groups is 3. The van der Waals surface area contributed by atoms with Gasteiger partial charge in [-0.2, -0.15) is 0 Å². The third-order valence-corrected chi connectivity index (χ3v) is 6.65. The van der Waals surface area contributed by atoms with E-state index in [4.69, 9.17) is 9.47 Å². The second-order valence-corrected chi connectivity index (χ2v) is 10.3. The lowest BCUT2D eigenvalue weighted by atomic mass is 9.83. The second-order valence-electron chi connectivity index (χ2n) is 10.3. The molecule has 182 valence electrons. The summed E-state index contributed by atoms with van der Waals surface area (Å²) < 4.78 is 10.2. The normalized spacial score (nSPS) is 23.2. The van der Waals surface area contributed by atoms with Crippen LogP contribution in [0.25, 0.3) is 0 Å². The van der Waals surface area contributed by atoms with Crippen molar-refractivity contribution >= 4 is 18.0 Å². The molecule has 1 aromatic carbocycles. The number of nitrogens with one attached hydrogen (secondary N) is 1. The molecule has 1 aliphatic carbocycles. The van der Waals surface area contributed by atoms with Gasteiger partial charge in [-0.15, -0.1) is 0 Å². The van der Waals surface area contributed by atoms with Crippen molar-refractivity contribution in [3.8, 4) is 0 Å². The van der Waals surface area contributed by atoms with Crippen molar-refractivity contribution in [3.63, 3.8) is 0 Å². The topological polar surface area (TPSA) is 84.9 Å². The lowest BCUT2D eigenvalue weighted by Gasteiger charge is -2.29. The lowest BCUT2D eigenvalue weighted by Crippen LogP contribution is -2.37. The first-order valence-corrected chi connectivity index (χ1v) is 12.1. The van der Waals surface area contributed by atoms with Gasteiger partial charge in [0.1, 0.15) is 5.60 Å². The number of rotatable bonds is 6. The molecular formula is C26H38N2O5. The Balaban J connectivity index is 1.44. The average Bonchev–Trinajstić information content (AvgIpc) is 3.28. The lowest BCUT2D eigenvalue weighted by molar-refractivity contribution is -0.141. The molecule has 0 aromatic heterocycles. The zero-order valence-corrected chi connectivity index (χ0v) is 20.4. The van der Waals surface area contributed by atoms with E-state index in [1.807, 2.05) is 45.0 Å². The Morgan fingerprint density at radius 2 is 1.70 bits per heavy atom. The van der Waals surface area contributed by atoms with Crippen LogP contribution in [-0.4, -0.2) is 54.7 Å². The first-order valence-electron chi connectivity index (χ1n) is 12.1. The fourth-order valence-corrected chi connectivity index (χ4v) is 4.72. The molecule has 1 saturated carbocycles. The first-order chi connectivity index (χ1) is 15.6. The summed E-state index contributed by atoms with van der Waals surface area (Å²) in [6.45, 7) is 6.95. The highest BCUT2D eigenvalue weighted by Crippen LogP contribution is 2.30. The van der Waals surface area contributed by atoms with Crippen LogP contribution in [-0.2, 0) is 14.3 Å². The number of amides is 2. The van der Waals surface area contributed by atoms with Gasteiger partial charge < -0.3 is 19.7 Å². The zero-order chi connectivity index (χ0) is 24.0. The van der Waals surface area contributed by atoms with Crippen molar-refractivity contribution in [2.75, 3.05) is 20.2 Å². The maximum atomic E-state index is 12.7. The minimum Gasteiger partial charge on any atom is -0.469 e. The van der Waals surface area contributed by atoms with E-state index in [-0.39, 0.29) is 29.9 Å². The first kappa shape index (κ1) is 25.1. The van der Waals surface area contributed by atoms with E-state index in [0.29, 0.717) is 31.0 Å². The van der Waals surface area contributed by atoms with Crippen LogP contribution in [0.15, 0.2) is 24.3 Å². The Labute approximate surface area is 197 Å². The molecule has 1 aliphatic heterocycles. The van der Waals surface area contributed by atoms with E-state index in [1.165, 1.54) is 7.11 Å². The predicted octanol–water partition coefficient (Wildman–Crippen LogP) is 4.65. The fourth-order valence-electron chi connectivity index (χ4n) is 4.72. The van der Waals surface area contributed by atoms with Gasteiger partial charge in [0.15, 0.2) is 0 Å². The molecule has 1 unspecified atom stereocenters. The molecule has 2 aliphatic rings. The molecular weight excluding hydrogens is 420 g/mol. The van der Waals surface area contributed by atoms with Gasteiger partial charge >= 0.3 is 12.1 Å². The summed E-state index contributed by atoms with van der Waals surface area (Å²) in [5, 5.41) is 3.16. The van der Waals surface area contributed by atoms with Gasteiger partial charge in [-0.05, 0) is 82.9 Å². The number of methoxy groups -OCH3 is 1. The molecule has 2 fully saturated rings. The summed E-state index contributed by atoms with van der Waals surface area (Å²) in [6.07, 6.45) is 5.90. The zero-order valence-electron chi connectivity index (χ0n) is 20.4. The van der Waals surface area contributed by atoms with E-state index in [0.717, 1.165) is 44.1 Å². The number of ether oxygens (including phenoxy) is 2. The van der Waals surface area contributed by atoms with Crippen molar-refractivity contribution in [1.29, 1.82) is 0 Å². The molecule has 1 aromatic rings. The van der Waals surface area contributed by atoms with E-state index in [9.17, 15) is 14.4 Å². The van der Waals surface area contributed by atoms with Crippen molar-refractivity contribution < 1.29 is 23.9 Å². The maximum Gasteiger partial charge on any atom is 0.410 e. The van der Waals surface area contributed by atoms with Crippen molar-refractivity contribution in [2.24, 2.45) is 5.92 Å². The molecule has 1 saturated heterocycles. The summed E-state index contributed by atoms with van der Waals surface area (Å²) in [6, 6.07) is 7.94. The second kappa shape index (κ2) is 11.0. The SMILES string of the molecule is COC(=O)CCC1CCC(NC(=O)c2ccc(C3CCN(C(=O)OC(C)(C)C)C3)cc2)CC1. The van der Waals surface area contributed by atoms with E-state index < -0.39 is 5.60 Å². The summed E-state index contributed by atoms with van der Waals surface area (Å²) in [7, 11) is 1.42. The molecule has 2 amide bonds. The Bertz CT molecular complexity index is 822. The largest absolute Gasteiger partial charge is 0.469 e. The molecule has 7 heteroatoms. The molecule has 1 atom stereocenters. The highest BCUT2D eigenvalue weighted by molar-refractivity contribution is 5.94.